The van der Waals surface area contributed by atoms with Crippen LogP contribution in [0, 0.1) is 23.7 Å². The van der Waals surface area contributed by atoms with Crippen LogP contribution in [-0.2, 0) is 9.47 Å². The zero-order valence-corrected chi connectivity index (χ0v) is 9.95. The lowest BCUT2D eigenvalue weighted by Crippen LogP contribution is -2.54. The van der Waals surface area contributed by atoms with Gasteiger partial charge < -0.3 is 9.47 Å². The van der Waals surface area contributed by atoms with Gasteiger partial charge in [0.05, 0.1) is 0 Å². The summed E-state index contributed by atoms with van der Waals surface area (Å²) in [6.07, 6.45) is 8.85. The van der Waals surface area contributed by atoms with Crippen LogP contribution >= 0.6 is 0 Å². The molecule has 0 aromatic heterocycles. The van der Waals surface area contributed by atoms with Crippen molar-refractivity contribution in [1.82, 2.24) is 0 Å². The van der Waals surface area contributed by atoms with Crippen LogP contribution in [0.2, 0.25) is 0 Å². The molecule has 2 nitrogen and oxygen atoms in total. The highest BCUT2D eigenvalue weighted by Gasteiger charge is 2.79. The maximum Gasteiger partial charge on any atom is 0.218 e. The Kier molecular flexibility index (Phi) is 1.65. The molecule has 1 aliphatic heterocycles. The van der Waals surface area contributed by atoms with Crippen LogP contribution in [0.15, 0.2) is 12.7 Å². The highest BCUT2D eigenvalue weighted by molar-refractivity contribution is 5.27. The second-order valence-corrected chi connectivity index (χ2v) is 6.28. The summed E-state index contributed by atoms with van der Waals surface area (Å²) in [6.45, 7) is 3.92. The molecule has 5 fully saturated rings. The summed E-state index contributed by atoms with van der Waals surface area (Å²) >= 11 is 0. The fourth-order valence-corrected chi connectivity index (χ4v) is 5.33. The van der Waals surface area contributed by atoms with Crippen molar-refractivity contribution >= 4 is 0 Å². The van der Waals surface area contributed by atoms with Gasteiger partial charge in [0.1, 0.15) is 5.60 Å². The zero-order chi connectivity index (χ0) is 11.0. The third-order valence-electron chi connectivity index (χ3n) is 5.75. The fraction of sp³-hybridized carbons (Fsp3) is 0.857. The first kappa shape index (κ1) is 9.67. The average molecular weight is 220 g/mol. The van der Waals surface area contributed by atoms with Crippen LogP contribution < -0.4 is 0 Å². The van der Waals surface area contributed by atoms with E-state index >= 15 is 0 Å². The Morgan fingerprint density at radius 1 is 1.12 bits per heavy atom. The highest BCUT2D eigenvalue weighted by Crippen LogP contribution is 2.71. The van der Waals surface area contributed by atoms with Gasteiger partial charge in [-0.3, -0.25) is 0 Å². The van der Waals surface area contributed by atoms with Crippen molar-refractivity contribution in [1.29, 1.82) is 0 Å². The minimum Gasteiger partial charge on any atom is -0.347 e. The van der Waals surface area contributed by atoms with Gasteiger partial charge in [-0.05, 0) is 61.9 Å². The van der Waals surface area contributed by atoms with Crippen LogP contribution in [-0.4, -0.2) is 18.5 Å². The molecule has 4 aliphatic carbocycles. The second-order valence-electron chi connectivity index (χ2n) is 6.28. The van der Waals surface area contributed by atoms with Crippen molar-refractivity contribution < 1.29 is 9.47 Å². The largest absolute Gasteiger partial charge is 0.347 e. The van der Waals surface area contributed by atoms with E-state index in [0.717, 1.165) is 23.7 Å². The molecule has 1 atom stereocenters. The first-order valence-corrected chi connectivity index (χ1v) is 6.63. The van der Waals surface area contributed by atoms with Gasteiger partial charge in [-0.2, -0.15) is 0 Å². The van der Waals surface area contributed by atoms with Gasteiger partial charge in [0.2, 0.25) is 5.79 Å². The Morgan fingerprint density at radius 3 is 2.06 bits per heavy atom. The summed E-state index contributed by atoms with van der Waals surface area (Å²) in [6, 6.07) is 0. The minimum absolute atomic E-state index is 0.0247. The third-order valence-corrected chi connectivity index (χ3v) is 5.75. The lowest BCUT2D eigenvalue weighted by molar-refractivity contribution is -0.0606. The van der Waals surface area contributed by atoms with Crippen LogP contribution in [0.3, 0.4) is 0 Å². The van der Waals surface area contributed by atoms with E-state index in [1.54, 1.807) is 7.11 Å². The molecule has 0 aromatic carbocycles. The molecule has 4 bridgehead atoms. The highest BCUT2D eigenvalue weighted by atomic mass is 16.8. The van der Waals surface area contributed by atoms with Gasteiger partial charge in [-0.25, -0.2) is 0 Å². The molecule has 2 heteroatoms. The molecule has 0 aromatic rings. The van der Waals surface area contributed by atoms with Crippen molar-refractivity contribution in [3.8, 4) is 0 Å². The van der Waals surface area contributed by atoms with Crippen molar-refractivity contribution in [2.75, 3.05) is 7.11 Å². The topological polar surface area (TPSA) is 21.8 Å². The van der Waals surface area contributed by atoms with E-state index in [2.05, 4.69) is 6.58 Å². The Labute approximate surface area is 97.0 Å². The summed E-state index contributed by atoms with van der Waals surface area (Å²) in [7, 11) is 1.77. The van der Waals surface area contributed by atoms with Crippen molar-refractivity contribution in [2.24, 2.45) is 23.7 Å². The summed E-state index contributed by atoms with van der Waals surface area (Å²) in [5, 5.41) is 0. The van der Waals surface area contributed by atoms with Gasteiger partial charge in [-0.15, -0.1) is 0 Å². The van der Waals surface area contributed by atoms with Gasteiger partial charge in [0.15, 0.2) is 0 Å². The Balaban J connectivity index is 1.74. The molecule has 88 valence electrons. The van der Waals surface area contributed by atoms with E-state index in [-0.39, 0.29) is 5.60 Å². The van der Waals surface area contributed by atoms with E-state index < -0.39 is 5.79 Å². The lowest BCUT2D eigenvalue weighted by Gasteiger charge is -2.53. The molecule has 5 rings (SSSR count). The summed E-state index contributed by atoms with van der Waals surface area (Å²) < 4.78 is 11.8. The molecule has 4 saturated carbocycles. The average Bonchev–Trinajstić information content (AvgIpc) is 2.96. The lowest BCUT2D eigenvalue weighted by atomic mass is 9.50. The predicted molar refractivity (Wildman–Crippen MR) is 60.8 cm³/mol. The van der Waals surface area contributed by atoms with Gasteiger partial charge >= 0.3 is 0 Å². The third kappa shape index (κ3) is 0.853. The zero-order valence-electron chi connectivity index (χ0n) is 9.95. The first-order chi connectivity index (χ1) is 7.74. The van der Waals surface area contributed by atoms with Crippen molar-refractivity contribution in [3.05, 3.63) is 12.7 Å². The van der Waals surface area contributed by atoms with Crippen LogP contribution in [0.4, 0.5) is 0 Å². The van der Waals surface area contributed by atoms with Gasteiger partial charge in [0.25, 0.3) is 0 Å². The number of methoxy groups -OCH3 is 1. The smallest absolute Gasteiger partial charge is 0.218 e. The monoisotopic (exact) mass is 220 g/mol. The number of rotatable bonds is 2. The molecular formula is C14H20O2. The Hall–Kier alpha value is -0.340. The molecule has 16 heavy (non-hydrogen) atoms. The number of hydrogen-bond acceptors (Lipinski definition) is 2. The summed E-state index contributed by atoms with van der Waals surface area (Å²) in [5.74, 6) is 3.01. The predicted octanol–water partition coefficient (Wildman–Crippen LogP) is 2.74. The molecular weight excluding hydrogens is 200 g/mol. The molecule has 0 radical (unpaired) electrons. The Morgan fingerprint density at radius 2 is 1.69 bits per heavy atom. The van der Waals surface area contributed by atoms with Crippen LogP contribution in [0.1, 0.15) is 32.1 Å². The SMILES string of the molecule is C=CC1(OC)OC12C1CC3CC(C1)CC2C3. The molecule has 1 spiro atoms. The fourth-order valence-electron chi connectivity index (χ4n) is 5.33. The second kappa shape index (κ2) is 2.73. The number of ether oxygens (including phenoxy) is 2. The molecule has 0 amide bonds. The summed E-state index contributed by atoms with van der Waals surface area (Å²) in [4.78, 5) is 0. The van der Waals surface area contributed by atoms with E-state index in [4.69, 9.17) is 9.47 Å². The van der Waals surface area contributed by atoms with E-state index in [9.17, 15) is 0 Å². The van der Waals surface area contributed by atoms with Crippen molar-refractivity contribution in [2.45, 2.75) is 43.5 Å². The Bertz CT molecular complexity index is 321. The van der Waals surface area contributed by atoms with E-state index in [1.165, 1.54) is 32.1 Å². The van der Waals surface area contributed by atoms with Crippen LogP contribution in [0.25, 0.3) is 0 Å². The molecule has 5 aliphatic rings. The quantitative estimate of drug-likeness (QED) is 0.527. The van der Waals surface area contributed by atoms with Crippen molar-refractivity contribution in [3.63, 3.8) is 0 Å². The summed E-state index contributed by atoms with van der Waals surface area (Å²) in [5.41, 5.74) is 0.0247. The molecule has 1 saturated heterocycles. The van der Waals surface area contributed by atoms with E-state index in [0.29, 0.717) is 0 Å². The molecule has 1 heterocycles. The molecule has 1 unspecified atom stereocenters. The normalized spacial score (nSPS) is 61.6. The minimum atomic E-state index is -0.435. The maximum atomic E-state index is 6.13. The van der Waals surface area contributed by atoms with E-state index in [1.807, 2.05) is 6.08 Å². The maximum absolute atomic E-state index is 6.13. The molecule has 0 N–H and O–H groups in total. The standard InChI is InChI=1S/C14H20O2/c1-3-13(15-2)14(16-13)11-5-9-4-10(7-11)8-12(14)6-9/h3,9-12H,1,4-8H2,2H3. The number of hydrogen-bond donors (Lipinski definition) is 0. The van der Waals surface area contributed by atoms with Crippen LogP contribution in [0.5, 0.6) is 0 Å². The van der Waals surface area contributed by atoms with Gasteiger partial charge in [0, 0.05) is 7.11 Å². The first-order valence-electron chi connectivity index (χ1n) is 6.63. The van der Waals surface area contributed by atoms with Gasteiger partial charge in [-0.1, -0.05) is 6.58 Å². The number of epoxide rings is 1.